The highest BCUT2D eigenvalue weighted by molar-refractivity contribution is 7.93. The largest absolute Gasteiger partial charge is 0.457 e. The van der Waals surface area contributed by atoms with E-state index in [1.54, 1.807) is 18.2 Å². The van der Waals surface area contributed by atoms with E-state index in [9.17, 15) is 13.0 Å². The van der Waals surface area contributed by atoms with Crippen LogP contribution in [0.1, 0.15) is 18.4 Å². The van der Waals surface area contributed by atoms with E-state index in [2.05, 4.69) is 0 Å². The van der Waals surface area contributed by atoms with Gasteiger partial charge in [0.1, 0.15) is 11.5 Å². The van der Waals surface area contributed by atoms with Gasteiger partial charge >= 0.3 is 7.60 Å². The van der Waals surface area contributed by atoms with Crippen LogP contribution in [0, 0.1) is 0 Å². The maximum Gasteiger partial charge on any atom is 0.346 e. The number of hydrogen-bond donors (Lipinski definition) is 3. The molecule has 154 valence electrons. The summed E-state index contributed by atoms with van der Waals surface area (Å²) in [4.78, 5) is 16.2. The van der Waals surface area contributed by atoms with Gasteiger partial charge in [0.05, 0.1) is 0 Å². The molecule has 0 spiro atoms. The molecule has 1 unspecified atom stereocenters. The van der Waals surface area contributed by atoms with Gasteiger partial charge in [0.15, 0.2) is 4.99 Å². The molecule has 0 radical (unpaired) electrons. The molecule has 0 bridgehead atoms. The second-order valence-corrected chi connectivity index (χ2v) is 10.5. The van der Waals surface area contributed by atoms with Gasteiger partial charge < -0.3 is 14.5 Å². The maximum absolute atomic E-state index is 11.3. The standard InChI is InChI=1S/C20H21O7PS/c21-28(22,23)20(29(24,25)26)10-4-6-15-5-3-9-18(13-15)27-19-12-11-16-7-1-2-8-17(16)14-19/h1-3,5,7-9,11-14,20H,4,6,10H2,(H2,21,22,23)(H,24,25,26). The molecule has 7 nitrogen and oxygen atoms in total. The first kappa shape index (κ1) is 21.5. The van der Waals surface area contributed by atoms with Crippen molar-refractivity contribution in [3.8, 4) is 11.5 Å². The lowest BCUT2D eigenvalue weighted by molar-refractivity contribution is 0.360. The van der Waals surface area contributed by atoms with Crippen molar-refractivity contribution in [1.29, 1.82) is 0 Å². The Kier molecular flexibility index (Phi) is 6.41. The summed E-state index contributed by atoms with van der Waals surface area (Å²) in [7, 11) is -9.79. The van der Waals surface area contributed by atoms with Gasteiger partial charge in [0.25, 0.3) is 10.1 Å². The van der Waals surface area contributed by atoms with Crippen LogP contribution in [0.25, 0.3) is 10.8 Å². The number of ether oxygens (including phenoxy) is 1. The van der Waals surface area contributed by atoms with Crippen LogP contribution >= 0.6 is 7.60 Å². The second kappa shape index (κ2) is 8.65. The molecule has 29 heavy (non-hydrogen) atoms. The molecule has 0 fully saturated rings. The Morgan fingerprint density at radius 2 is 1.59 bits per heavy atom. The van der Waals surface area contributed by atoms with Gasteiger partial charge in [-0.05, 0) is 59.9 Å². The van der Waals surface area contributed by atoms with E-state index in [1.165, 1.54) is 0 Å². The van der Waals surface area contributed by atoms with E-state index < -0.39 is 22.7 Å². The van der Waals surface area contributed by atoms with Crippen LogP contribution in [0.5, 0.6) is 11.5 Å². The van der Waals surface area contributed by atoms with Gasteiger partial charge in [-0.15, -0.1) is 0 Å². The monoisotopic (exact) mass is 436 g/mol. The molecule has 3 rings (SSSR count). The van der Waals surface area contributed by atoms with Gasteiger partial charge in [-0.3, -0.25) is 9.12 Å². The summed E-state index contributed by atoms with van der Waals surface area (Å²) >= 11 is 0. The van der Waals surface area contributed by atoms with Crippen molar-refractivity contribution in [1.82, 2.24) is 0 Å². The average Bonchev–Trinajstić information content (AvgIpc) is 2.63. The summed E-state index contributed by atoms with van der Waals surface area (Å²) < 4.78 is 48.7. The van der Waals surface area contributed by atoms with Crippen molar-refractivity contribution in [3.05, 3.63) is 72.3 Å². The molecule has 0 aliphatic carbocycles. The molecule has 1 atom stereocenters. The fourth-order valence-electron chi connectivity index (χ4n) is 3.10. The fourth-order valence-corrected chi connectivity index (χ4v) is 5.47. The van der Waals surface area contributed by atoms with E-state index in [0.717, 1.165) is 16.3 Å². The summed E-state index contributed by atoms with van der Waals surface area (Å²) in [5, 5.41) is 2.15. The third-order valence-corrected chi connectivity index (χ3v) is 8.05. The predicted molar refractivity (Wildman–Crippen MR) is 111 cm³/mol. The van der Waals surface area contributed by atoms with Crippen LogP contribution in [0.3, 0.4) is 0 Å². The van der Waals surface area contributed by atoms with Crippen LogP contribution in [-0.2, 0) is 21.1 Å². The minimum Gasteiger partial charge on any atom is -0.457 e. The summed E-state index contributed by atoms with van der Waals surface area (Å²) in [6.07, 6.45) is 0.203. The minimum absolute atomic E-state index is 0.176. The smallest absolute Gasteiger partial charge is 0.346 e. The van der Waals surface area contributed by atoms with E-state index >= 15 is 0 Å². The van der Waals surface area contributed by atoms with Gasteiger partial charge in [-0.25, -0.2) is 0 Å². The molecule has 0 heterocycles. The van der Waals surface area contributed by atoms with Crippen molar-refractivity contribution in [2.24, 2.45) is 0 Å². The van der Waals surface area contributed by atoms with Crippen LogP contribution in [0.2, 0.25) is 0 Å². The molecular weight excluding hydrogens is 415 g/mol. The topological polar surface area (TPSA) is 121 Å². The molecule has 0 amide bonds. The highest BCUT2D eigenvalue weighted by atomic mass is 32.2. The highest BCUT2D eigenvalue weighted by Gasteiger charge is 2.38. The summed E-state index contributed by atoms with van der Waals surface area (Å²) in [6.45, 7) is 0. The van der Waals surface area contributed by atoms with Crippen molar-refractivity contribution in [3.63, 3.8) is 0 Å². The molecule has 3 N–H and O–H groups in total. The number of benzene rings is 3. The third kappa shape index (κ3) is 5.88. The zero-order valence-corrected chi connectivity index (χ0v) is 17.1. The molecular formula is C20H21O7PS. The van der Waals surface area contributed by atoms with Gasteiger partial charge in [-0.2, -0.15) is 8.42 Å². The van der Waals surface area contributed by atoms with Crippen LogP contribution < -0.4 is 4.74 Å². The predicted octanol–water partition coefficient (Wildman–Crippen LogP) is 4.35. The van der Waals surface area contributed by atoms with Crippen molar-refractivity contribution in [2.45, 2.75) is 24.3 Å². The molecule has 0 saturated heterocycles. The first-order valence-electron chi connectivity index (χ1n) is 8.90. The molecule has 9 heteroatoms. The van der Waals surface area contributed by atoms with E-state index in [-0.39, 0.29) is 12.8 Å². The van der Waals surface area contributed by atoms with E-state index in [0.29, 0.717) is 17.9 Å². The van der Waals surface area contributed by atoms with Gasteiger partial charge in [-0.1, -0.05) is 42.5 Å². The van der Waals surface area contributed by atoms with Gasteiger partial charge in [0, 0.05) is 0 Å². The molecule has 0 aliphatic heterocycles. The Labute approximate surface area is 168 Å². The fraction of sp³-hybridized carbons (Fsp3) is 0.200. The highest BCUT2D eigenvalue weighted by Crippen LogP contribution is 2.46. The Hall–Kier alpha value is -2.22. The van der Waals surface area contributed by atoms with Gasteiger partial charge in [0.2, 0.25) is 0 Å². The quantitative estimate of drug-likeness (QED) is 0.355. The second-order valence-electron chi connectivity index (χ2n) is 6.71. The SMILES string of the molecule is O=P(O)(O)C(CCCc1cccc(Oc2ccc3ccccc3c2)c1)S(=O)(=O)O. The van der Waals surface area contributed by atoms with E-state index in [1.807, 2.05) is 48.5 Å². The van der Waals surface area contributed by atoms with Crippen molar-refractivity contribution in [2.75, 3.05) is 0 Å². The lowest BCUT2D eigenvalue weighted by atomic mass is 10.1. The Balaban J connectivity index is 1.67. The molecule has 0 saturated carbocycles. The zero-order valence-electron chi connectivity index (χ0n) is 15.4. The molecule has 0 aromatic heterocycles. The number of rotatable bonds is 8. The lowest BCUT2D eigenvalue weighted by Gasteiger charge is -2.15. The minimum atomic E-state index is -4.96. The summed E-state index contributed by atoms with van der Waals surface area (Å²) in [5.41, 5.74) is 0.822. The lowest BCUT2D eigenvalue weighted by Crippen LogP contribution is -2.20. The maximum atomic E-state index is 11.3. The number of aryl methyl sites for hydroxylation is 1. The van der Waals surface area contributed by atoms with Crippen LogP contribution in [-0.4, -0.2) is 27.7 Å². The molecule has 3 aromatic rings. The van der Waals surface area contributed by atoms with E-state index in [4.69, 9.17) is 19.1 Å². The first-order chi connectivity index (χ1) is 13.6. The summed E-state index contributed by atoms with van der Waals surface area (Å²) in [6, 6.07) is 20.8. The number of hydrogen-bond acceptors (Lipinski definition) is 4. The number of fused-ring (bicyclic) bond motifs is 1. The first-order valence-corrected chi connectivity index (χ1v) is 12.1. The average molecular weight is 436 g/mol. The Morgan fingerprint density at radius 3 is 2.28 bits per heavy atom. The Morgan fingerprint density at radius 1 is 0.897 bits per heavy atom. The molecule has 0 aliphatic rings. The normalized spacial score (nSPS) is 13.3. The van der Waals surface area contributed by atoms with Crippen molar-refractivity contribution >= 4 is 28.5 Å². The van der Waals surface area contributed by atoms with Crippen molar-refractivity contribution < 1.29 is 32.1 Å². The van der Waals surface area contributed by atoms with Crippen LogP contribution in [0.15, 0.2) is 66.7 Å². The third-order valence-electron chi connectivity index (χ3n) is 4.49. The molecule has 3 aromatic carbocycles. The summed E-state index contributed by atoms with van der Waals surface area (Å²) in [5.74, 6) is 1.27. The zero-order chi connectivity index (χ0) is 21.1. The van der Waals surface area contributed by atoms with Crippen LogP contribution in [0.4, 0.5) is 0 Å². The Bertz CT molecular complexity index is 1150.